The van der Waals surface area contributed by atoms with Crippen LogP contribution in [0, 0.1) is 0 Å². The Bertz CT molecular complexity index is 1140. The van der Waals surface area contributed by atoms with Crippen LogP contribution in [-0.4, -0.2) is 19.5 Å². The van der Waals surface area contributed by atoms with Gasteiger partial charge in [-0.05, 0) is 37.0 Å². The molecule has 7 heteroatoms. The van der Waals surface area contributed by atoms with Crippen LogP contribution in [0.25, 0.3) is 21.3 Å². The summed E-state index contributed by atoms with van der Waals surface area (Å²) in [7, 11) is 1.81. The van der Waals surface area contributed by atoms with Crippen LogP contribution >= 0.6 is 23.1 Å². The average molecular weight is 368 g/mol. The Morgan fingerprint density at radius 2 is 2.16 bits per heavy atom. The lowest BCUT2D eigenvalue weighted by Gasteiger charge is -2.06. The number of thiophene rings is 1. The molecule has 4 aromatic rings. The molecule has 0 bridgehead atoms. The van der Waals surface area contributed by atoms with E-state index in [9.17, 15) is 4.79 Å². The van der Waals surface area contributed by atoms with Crippen molar-refractivity contribution in [3.8, 4) is 0 Å². The molecule has 1 N–H and O–H groups in total. The number of fused-ring (bicyclic) bond motifs is 4. The molecule has 0 aliphatic heterocycles. The zero-order valence-corrected chi connectivity index (χ0v) is 15.3. The second-order valence-electron chi connectivity index (χ2n) is 6.29. The molecule has 0 fully saturated rings. The van der Waals surface area contributed by atoms with E-state index >= 15 is 0 Å². The molecule has 0 atom stereocenters. The number of benzene rings is 1. The van der Waals surface area contributed by atoms with Gasteiger partial charge in [0.05, 0.1) is 22.2 Å². The summed E-state index contributed by atoms with van der Waals surface area (Å²) in [5.41, 5.74) is 3.31. The average Bonchev–Trinajstić information content (AvgIpc) is 3.29. The molecule has 1 aliphatic carbocycles. The number of imidazole rings is 1. The van der Waals surface area contributed by atoms with Crippen LogP contribution in [0.4, 0.5) is 0 Å². The number of aromatic nitrogens is 4. The number of hydrogen-bond donors (Lipinski definition) is 1. The molecule has 126 valence electrons. The van der Waals surface area contributed by atoms with Crippen LogP contribution in [0.15, 0.2) is 34.2 Å². The van der Waals surface area contributed by atoms with Gasteiger partial charge in [-0.1, -0.05) is 23.9 Å². The molecule has 1 aliphatic rings. The van der Waals surface area contributed by atoms with Gasteiger partial charge in [-0.3, -0.25) is 9.36 Å². The van der Waals surface area contributed by atoms with Gasteiger partial charge >= 0.3 is 0 Å². The van der Waals surface area contributed by atoms with Crippen LogP contribution in [0.5, 0.6) is 0 Å². The molecule has 1 aromatic carbocycles. The molecule has 0 unspecified atom stereocenters. The van der Waals surface area contributed by atoms with E-state index in [1.54, 1.807) is 27.7 Å². The lowest BCUT2D eigenvalue weighted by atomic mass is 10.2. The third kappa shape index (κ3) is 2.41. The van der Waals surface area contributed by atoms with Crippen molar-refractivity contribution in [2.75, 3.05) is 0 Å². The van der Waals surface area contributed by atoms with Crippen molar-refractivity contribution in [2.24, 2.45) is 7.05 Å². The summed E-state index contributed by atoms with van der Waals surface area (Å²) >= 11 is 3.24. The Kier molecular flexibility index (Phi) is 3.46. The first-order valence-corrected chi connectivity index (χ1v) is 10.1. The molecule has 5 nitrogen and oxygen atoms in total. The minimum Gasteiger partial charge on any atom is -0.341 e. The van der Waals surface area contributed by atoms with Crippen LogP contribution < -0.4 is 5.56 Å². The van der Waals surface area contributed by atoms with Crippen molar-refractivity contribution in [3.63, 3.8) is 0 Å². The second kappa shape index (κ2) is 5.71. The summed E-state index contributed by atoms with van der Waals surface area (Å²) in [6.07, 6.45) is 3.25. The summed E-state index contributed by atoms with van der Waals surface area (Å²) in [6, 6.07) is 7.99. The van der Waals surface area contributed by atoms with E-state index in [4.69, 9.17) is 4.98 Å². The van der Waals surface area contributed by atoms with Crippen molar-refractivity contribution in [2.45, 2.75) is 30.2 Å². The van der Waals surface area contributed by atoms with Gasteiger partial charge < -0.3 is 4.98 Å². The molecule has 0 radical (unpaired) electrons. The molecular weight excluding hydrogens is 352 g/mol. The van der Waals surface area contributed by atoms with E-state index in [-0.39, 0.29) is 5.56 Å². The molecule has 0 saturated carbocycles. The molecule has 0 amide bonds. The number of para-hydroxylation sites is 2. The van der Waals surface area contributed by atoms with Crippen molar-refractivity contribution in [3.05, 3.63) is 50.9 Å². The van der Waals surface area contributed by atoms with Crippen LogP contribution in [-0.2, 0) is 25.6 Å². The minimum absolute atomic E-state index is 0.0801. The fourth-order valence-corrected chi connectivity index (χ4v) is 5.59. The van der Waals surface area contributed by atoms with Gasteiger partial charge in [0.2, 0.25) is 0 Å². The molecule has 25 heavy (non-hydrogen) atoms. The highest BCUT2D eigenvalue weighted by Crippen LogP contribution is 2.35. The fourth-order valence-electron chi connectivity index (χ4n) is 3.44. The largest absolute Gasteiger partial charge is 0.341 e. The lowest BCUT2D eigenvalue weighted by molar-refractivity contribution is 0.726. The molecule has 0 saturated heterocycles. The lowest BCUT2D eigenvalue weighted by Crippen LogP contribution is -2.20. The highest BCUT2D eigenvalue weighted by Gasteiger charge is 2.22. The summed E-state index contributed by atoms with van der Waals surface area (Å²) in [6.45, 7) is 0. The minimum atomic E-state index is 0.0801. The highest BCUT2D eigenvalue weighted by molar-refractivity contribution is 7.98. The summed E-state index contributed by atoms with van der Waals surface area (Å²) in [4.78, 5) is 27.7. The van der Waals surface area contributed by atoms with Gasteiger partial charge in [0, 0.05) is 11.9 Å². The van der Waals surface area contributed by atoms with Gasteiger partial charge in [0.1, 0.15) is 10.7 Å². The molecule has 3 heterocycles. The van der Waals surface area contributed by atoms with E-state index in [1.807, 2.05) is 31.3 Å². The number of aryl methyl sites for hydroxylation is 2. The molecule has 5 rings (SSSR count). The monoisotopic (exact) mass is 368 g/mol. The highest BCUT2D eigenvalue weighted by atomic mass is 32.2. The van der Waals surface area contributed by atoms with Crippen LogP contribution in [0.3, 0.4) is 0 Å². The Morgan fingerprint density at radius 1 is 1.28 bits per heavy atom. The number of H-pyrrole nitrogens is 1. The van der Waals surface area contributed by atoms with Crippen molar-refractivity contribution < 1.29 is 0 Å². The Balaban J connectivity index is 1.50. The summed E-state index contributed by atoms with van der Waals surface area (Å²) in [5, 5.41) is 1.59. The maximum atomic E-state index is 12.8. The summed E-state index contributed by atoms with van der Waals surface area (Å²) in [5.74, 6) is 1.56. The van der Waals surface area contributed by atoms with Crippen LogP contribution in [0.1, 0.15) is 22.7 Å². The number of hydrogen-bond acceptors (Lipinski definition) is 5. The third-order valence-electron chi connectivity index (χ3n) is 4.68. The van der Waals surface area contributed by atoms with Gasteiger partial charge in [0.25, 0.3) is 5.56 Å². The van der Waals surface area contributed by atoms with E-state index in [0.717, 1.165) is 51.5 Å². The number of rotatable bonds is 3. The van der Waals surface area contributed by atoms with Crippen LogP contribution in [0.2, 0.25) is 0 Å². The maximum Gasteiger partial charge on any atom is 0.262 e. The van der Waals surface area contributed by atoms with Crippen molar-refractivity contribution in [1.82, 2.24) is 19.5 Å². The van der Waals surface area contributed by atoms with E-state index in [1.165, 1.54) is 10.4 Å². The summed E-state index contributed by atoms with van der Waals surface area (Å²) < 4.78 is 1.68. The number of thioether (sulfide) groups is 1. The predicted molar refractivity (Wildman–Crippen MR) is 103 cm³/mol. The smallest absolute Gasteiger partial charge is 0.262 e. The fraction of sp³-hybridized carbons (Fsp3) is 0.278. The Labute approximate surface area is 152 Å². The van der Waals surface area contributed by atoms with Gasteiger partial charge in [-0.2, -0.15) is 0 Å². The van der Waals surface area contributed by atoms with Gasteiger partial charge in [-0.15, -0.1) is 11.3 Å². The Hall–Kier alpha value is -2.12. The third-order valence-corrected chi connectivity index (χ3v) is 6.91. The number of aromatic amines is 1. The number of nitrogens with zero attached hydrogens (tertiary/aromatic N) is 3. The normalized spacial score (nSPS) is 13.8. The topological polar surface area (TPSA) is 63.6 Å². The first-order valence-electron chi connectivity index (χ1n) is 8.28. The van der Waals surface area contributed by atoms with Crippen molar-refractivity contribution >= 4 is 44.3 Å². The number of nitrogens with one attached hydrogen (secondary N) is 1. The van der Waals surface area contributed by atoms with E-state index < -0.39 is 0 Å². The molecule has 0 spiro atoms. The molecule has 3 aromatic heterocycles. The maximum absolute atomic E-state index is 12.8. The van der Waals surface area contributed by atoms with Crippen molar-refractivity contribution in [1.29, 1.82) is 0 Å². The van der Waals surface area contributed by atoms with Gasteiger partial charge in [-0.25, -0.2) is 9.97 Å². The zero-order valence-electron chi connectivity index (χ0n) is 13.7. The quantitative estimate of drug-likeness (QED) is 0.443. The first-order chi connectivity index (χ1) is 12.2. The second-order valence-corrected chi connectivity index (χ2v) is 8.31. The zero-order chi connectivity index (χ0) is 17.0. The molecular formula is C18H16N4OS2. The SMILES string of the molecule is Cn1c(SCc2nc3ccccc3[nH]2)nc2sc3c(c2c1=O)CCC3. The first kappa shape index (κ1) is 15.2. The predicted octanol–water partition coefficient (Wildman–Crippen LogP) is 3.65. The Morgan fingerprint density at radius 3 is 3.04 bits per heavy atom. The van der Waals surface area contributed by atoms with E-state index in [2.05, 4.69) is 9.97 Å². The standard InChI is InChI=1S/C18H16N4OS2/c1-22-17(23)15-10-5-4-8-13(10)25-16(15)21-18(22)24-9-14-19-11-6-2-3-7-12(11)20-14/h2-3,6-7H,4-5,8-9H2,1H3,(H,19,20). The van der Waals surface area contributed by atoms with Gasteiger partial charge in [0.15, 0.2) is 5.16 Å². The van der Waals surface area contributed by atoms with E-state index in [0.29, 0.717) is 5.75 Å².